The average molecular weight is 360 g/mol. The van der Waals surface area contributed by atoms with E-state index in [-0.39, 0.29) is 23.0 Å². The third kappa shape index (κ3) is 2.55. The fourth-order valence-electron chi connectivity index (χ4n) is 6.94. The SMILES string of the molecule is CC(=O)OC1CCC2(C)C(=CCC3C2CCC2(C)C3CCC(=O)N2C)C1. The lowest BCUT2D eigenvalue weighted by molar-refractivity contribution is -0.156. The first-order valence-corrected chi connectivity index (χ1v) is 10.4. The van der Waals surface area contributed by atoms with Crippen LogP contribution < -0.4 is 0 Å². The van der Waals surface area contributed by atoms with Crippen molar-refractivity contribution in [3.05, 3.63) is 11.6 Å². The second-order valence-corrected chi connectivity index (χ2v) is 9.62. The van der Waals surface area contributed by atoms with E-state index in [1.54, 1.807) is 0 Å². The summed E-state index contributed by atoms with van der Waals surface area (Å²) in [7, 11) is 2.02. The summed E-state index contributed by atoms with van der Waals surface area (Å²) in [5.74, 6) is 2.17. The van der Waals surface area contributed by atoms with Gasteiger partial charge in [0, 0.05) is 32.4 Å². The molecule has 1 amide bonds. The zero-order valence-corrected chi connectivity index (χ0v) is 16.7. The Hall–Kier alpha value is -1.32. The second-order valence-electron chi connectivity index (χ2n) is 9.62. The van der Waals surface area contributed by atoms with Gasteiger partial charge in [-0.3, -0.25) is 9.59 Å². The van der Waals surface area contributed by atoms with Gasteiger partial charge >= 0.3 is 5.97 Å². The molecule has 0 N–H and O–H groups in total. The van der Waals surface area contributed by atoms with Crippen LogP contribution in [0.15, 0.2) is 11.6 Å². The number of rotatable bonds is 1. The molecule has 0 aromatic heterocycles. The van der Waals surface area contributed by atoms with Gasteiger partial charge in [0.25, 0.3) is 0 Å². The van der Waals surface area contributed by atoms with Crippen molar-refractivity contribution in [2.24, 2.45) is 23.2 Å². The molecule has 4 nitrogen and oxygen atoms in total. The molecule has 1 aliphatic heterocycles. The summed E-state index contributed by atoms with van der Waals surface area (Å²) in [6.45, 7) is 6.30. The van der Waals surface area contributed by atoms with E-state index < -0.39 is 0 Å². The van der Waals surface area contributed by atoms with E-state index >= 15 is 0 Å². The van der Waals surface area contributed by atoms with E-state index in [9.17, 15) is 9.59 Å². The van der Waals surface area contributed by atoms with Gasteiger partial charge in [0.15, 0.2) is 0 Å². The number of ether oxygens (including phenoxy) is 1. The molecule has 4 aliphatic rings. The van der Waals surface area contributed by atoms with Crippen LogP contribution >= 0.6 is 0 Å². The van der Waals surface area contributed by atoms with Crippen LogP contribution in [0.1, 0.15) is 72.1 Å². The molecule has 1 heterocycles. The molecule has 0 aromatic carbocycles. The number of piperidine rings is 1. The Kier molecular flexibility index (Phi) is 4.24. The summed E-state index contributed by atoms with van der Waals surface area (Å²) in [5.41, 5.74) is 1.81. The standard InChI is InChI=1S/C22H33NO3/c1-14(24)26-16-9-11-21(2)15(13-16)5-6-17-18(21)10-12-22(3)19(17)7-8-20(25)23(22)4/h5,16-19H,6-13H2,1-4H3. The van der Waals surface area contributed by atoms with Crippen LogP contribution in [-0.2, 0) is 14.3 Å². The van der Waals surface area contributed by atoms with Crippen LogP contribution in [-0.4, -0.2) is 35.5 Å². The molecule has 3 fully saturated rings. The summed E-state index contributed by atoms with van der Waals surface area (Å²) < 4.78 is 5.53. The van der Waals surface area contributed by atoms with E-state index in [0.29, 0.717) is 30.1 Å². The molecular formula is C22H33NO3. The largest absolute Gasteiger partial charge is 0.462 e. The van der Waals surface area contributed by atoms with Gasteiger partial charge in [-0.15, -0.1) is 0 Å². The van der Waals surface area contributed by atoms with Gasteiger partial charge in [-0.1, -0.05) is 18.6 Å². The molecule has 4 rings (SSSR count). The van der Waals surface area contributed by atoms with Crippen LogP contribution in [0.25, 0.3) is 0 Å². The van der Waals surface area contributed by atoms with Crippen molar-refractivity contribution in [3.8, 4) is 0 Å². The number of allylic oxidation sites excluding steroid dienone is 1. The first kappa shape index (κ1) is 18.1. The summed E-state index contributed by atoms with van der Waals surface area (Å²) in [4.78, 5) is 25.7. The lowest BCUT2D eigenvalue weighted by Gasteiger charge is -2.61. The highest BCUT2D eigenvalue weighted by molar-refractivity contribution is 5.77. The Bertz CT molecular complexity index is 656. The van der Waals surface area contributed by atoms with E-state index in [0.717, 1.165) is 38.5 Å². The van der Waals surface area contributed by atoms with Gasteiger partial charge in [0.1, 0.15) is 6.10 Å². The zero-order valence-electron chi connectivity index (χ0n) is 16.7. The number of esters is 1. The highest BCUT2D eigenvalue weighted by Crippen LogP contribution is 2.61. The Morgan fingerprint density at radius 3 is 2.69 bits per heavy atom. The number of amides is 1. The number of nitrogens with zero attached hydrogens (tertiary/aromatic N) is 1. The molecule has 2 saturated carbocycles. The van der Waals surface area contributed by atoms with Crippen molar-refractivity contribution in [2.75, 3.05) is 7.05 Å². The van der Waals surface area contributed by atoms with E-state index in [2.05, 4.69) is 24.8 Å². The molecule has 6 unspecified atom stereocenters. The topological polar surface area (TPSA) is 46.6 Å². The fourth-order valence-corrected chi connectivity index (χ4v) is 6.94. The molecular weight excluding hydrogens is 326 g/mol. The number of hydrogen-bond acceptors (Lipinski definition) is 3. The highest BCUT2D eigenvalue weighted by Gasteiger charge is 2.57. The third-order valence-electron chi connectivity index (χ3n) is 8.56. The van der Waals surface area contributed by atoms with Gasteiger partial charge < -0.3 is 9.64 Å². The maximum Gasteiger partial charge on any atom is 0.302 e. The molecule has 1 saturated heterocycles. The monoisotopic (exact) mass is 359 g/mol. The summed E-state index contributed by atoms with van der Waals surface area (Å²) in [6, 6.07) is 0. The molecule has 4 heteroatoms. The van der Waals surface area contributed by atoms with Crippen LogP contribution in [0, 0.1) is 23.2 Å². The van der Waals surface area contributed by atoms with Crippen molar-refractivity contribution in [1.82, 2.24) is 4.90 Å². The maximum absolute atomic E-state index is 12.3. The second kappa shape index (κ2) is 6.10. The number of fused-ring (bicyclic) bond motifs is 5. The molecule has 3 aliphatic carbocycles. The summed E-state index contributed by atoms with van der Waals surface area (Å²) >= 11 is 0. The Morgan fingerprint density at radius 2 is 1.96 bits per heavy atom. The number of carbonyl (C=O) groups excluding carboxylic acids is 2. The molecule has 0 spiro atoms. The van der Waals surface area contributed by atoms with Crippen molar-refractivity contribution in [1.29, 1.82) is 0 Å². The van der Waals surface area contributed by atoms with E-state index in [1.807, 2.05) is 7.05 Å². The van der Waals surface area contributed by atoms with Gasteiger partial charge in [-0.05, 0) is 68.6 Å². The predicted octanol–water partition coefficient (Wildman–Crippen LogP) is 4.09. The van der Waals surface area contributed by atoms with E-state index in [1.165, 1.54) is 18.9 Å². The Morgan fingerprint density at radius 1 is 1.19 bits per heavy atom. The first-order chi connectivity index (χ1) is 12.3. The quantitative estimate of drug-likeness (QED) is 0.523. The Labute approximate surface area is 157 Å². The van der Waals surface area contributed by atoms with E-state index in [4.69, 9.17) is 4.74 Å². The van der Waals surface area contributed by atoms with Crippen LogP contribution in [0.2, 0.25) is 0 Å². The van der Waals surface area contributed by atoms with Gasteiger partial charge in [0.2, 0.25) is 5.91 Å². The van der Waals surface area contributed by atoms with Crippen LogP contribution in [0.3, 0.4) is 0 Å². The zero-order chi connectivity index (χ0) is 18.7. The van der Waals surface area contributed by atoms with Crippen LogP contribution in [0.4, 0.5) is 0 Å². The molecule has 6 atom stereocenters. The number of hydrogen-bond donors (Lipinski definition) is 0. The Balaban J connectivity index is 1.60. The number of likely N-dealkylation sites (tertiary alicyclic amines) is 1. The first-order valence-electron chi connectivity index (χ1n) is 10.4. The third-order valence-corrected chi connectivity index (χ3v) is 8.56. The van der Waals surface area contributed by atoms with Crippen molar-refractivity contribution < 1.29 is 14.3 Å². The van der Waals surface area contributed by atoms with Gasteiger partial charge in [0.05, 0.1) is 0 Å². The molecule has 144 valence electrons. The molecule has 0 aromatic rings. The van der Waals surface area contributed by atoms with Gasteiger partial charge in [-0.25, -0.2) is 0 Å². The lowest BCUT2D eigenvalue weighted by Crippen LogP contribution is -2.62. The smallest absolute Gasteiger partial charge is 0.302 e. The average Bonchev–Trinajstić information content (AvgIpc) is 2.58. The predicted molar refractivity (Wildman–Crippen MR) is 100 cm³/mol. The summed E-state index contributed by atoms with van der Waals surface area (Å²) in [6.07, 6.45) is 10.8. The minimum atomic E-state index is -0.156. The molecule has 0 radical (unpaired) electrons. The highest BCUT2D eigenvalue weighted by atomic mass is 16.5. The normalized spacial score (nSPS) is 45.2. The molecule has 26 heavy (non-hydrogen) atoms. The minimum Gasteiger partial charge on any atom is -0.462 e. The van der Waals surface area contributed by atoms with Crippen molar-refractivity contribution >= 4 is 11.9 Å². The van der Waals surface area contributed by atoms with Gasteiger partial charge in [-0.2, -0.15) is 0 Å². The van der Waals surface area contributed by atoms with Crippen LogP contribution in [0.5, 0.6) is 0 Å². The molecule has 0 bridgehead atoms. The lowest BCUT2D eigenvalue weighted by atomic mass is 9.48. The van der Waals surface area contributed by atoms with Crippen molar-refractivity contribution in [2.45, 2.75) is 83.8 Å². The van der Waals surface area contributed by atoms with Crippen molar-refractivity contribution in [3.63, 3.8) is 0 Å². The number of carbonyl (C=O) groups is 2. The fraction of sp³-hybridized carbons (Fsp3) is 0.818. The minimum absolute atomic E-state index is 0.0349. The maximum atomic E-state index is 12.3. The summed E-state index contributed by atoms with van der Waals surface area (Å²) in [5, 5.41) is 0.